The fraction of sp³-hybridized carbons (Fsp3) is 0.111. The lowest BCUT2D eigenvalue weighted by atomic mass is 10.2. The van der Waals surface area contributed by atoms with E-state index in [9.17, 15) is 13.8 Å². The van der Waals surface area contributed by atoms with E-state index in [1.54, 1.807) is 0 Å². The monoisotopic (exact) mass is 228 g/mol. The van der Waals surface area contributed by atoms with E-state index >= 15 is 0 Å². The third kappa shape index (κ3) is 3.17. The highest BCUT2D eigenvalue weighted by Crippen LogP contribution is 2.09. The number of hydrogen-bond donors (Lipinski definition) is 2. The lowest BCUT2D eigenvalue weighted by Crippen LogP contribution is -2.09. The molecule has 0 fully saturated rings. The summed E-state index contributed by atoms with van der Waals surface area (Å²) >= 11 is 0. The van der Waals surface area contributed by atoms with Crippen LogP contribution in [0.5, 0.6) is 0 Å². The smallest absolute Gasteiger partial charge is 0.335 e. The van der Waals surface area contributed by atoms with Gasteiger partial charge in [0.25, 0.3) is 0 Å². The van der Waals surface area contributed by atoms with Gasteiger partial charge in [-0.3, -0.25) is 9.00 Å². The highest BCUT2D eigenvalue weighted by Gasteiger charge is 2.09. The number of carboxylic acids is 2. The van der Waals surface area contributed by atoms with Gasteiger partial charge in [-0.25, -0.2) is 4.79 Å². The molecule has 0 saturated carbocycles. The number of aliphatic carboxylic acids is 1. The minimum absolute atomic E-state index is 0.0751. The minimum atomic E-state index is -1.63. The molecular formula is C9H8O5S. The third-order valence-electron chi connectivity index (χ3n) is 1.62. The van der Waals surface area contributed by atoms with Gasteiger partial charge >= 0.3 is 11.9 Å². The van der Waals surface area contributed by atoms with Crippen LogP contribution in [-0.4, -0.2) is 32.1 Å². The van der Waals surface area contributed by atoms with Crippen LogP contribution >= 0.6 is 0 Å². The van der Waals surface area contributed by atoms with Crippen LogP contribution in [0.2, 0.25) is 0 Å². The molecule has 2 N–H and O–H groups in total. The largest absolute Gasteiger partial charge is 0.481 e. The van der Waals surface area contributed by atoms with Crippen LogP contribution in [0.15, 0.2) is 29.2 Å². The van der Waals surface area contributed by atoms with Crippen molar-refractivity contribution in [3.63, 3.8) is 0 Å². The van der Waals surface area contributed by atoms with E-state index in [4.69, 9.17) is 10.2 Å². The summed E-state index contributed by atoms with van der Waals surface area (Å²) in [7, 11) is -1.63. The van der Waals surface area contributed by atoms with Gasteiger partial charge in [0.05, 0.1) is 16.4 Å². The van der Waals surface area contributed by atoms with Crippen LogP contribution in [0.25, 0.3) is 0 Å². The Kier molecular flexibility index (Phi) is 3.56. The molecule has 1 atom stereocenters. The zero-order chi connectivity index (χ0) is 11.4. The number of benzene rings is 1. The molecule has 0 spiro atoms. The first kappa shape index (κ1) is 11.4. The number of carboxylic acid groups (broad SMARTS) is 2. The first-order chi connectivity index (χ1) is 7.00. The predicted molar refractivity (Wildman–Crippen MR) is 52.3 cm³/mol. The van der Waals surface area contributed by atoms with Crippen molar-refractivity contribution in [2.45, 2.75) is 4.90 Å². The summed E-state index contributed by atoms with van der Waals surface area (Å²) in [6.45, 7) is 0. The number of aromatic carboxylic acids is 1. The van der Waals surface area contributed by atoms with Gasteiger partial charge in [-0.1, -0.05) is 0 Å². The average molecular weight is 228 g/mol. The predicted octanol–water partition coefficient (Wildman–Crippen LogP) is 0.577. The summed E-state index contributed by atoms with van der Waals surface area (Å²) in [6, 6.07) is 5.28. The molecule has 1 aromatic rings. The lowest BCUT2D eigenvalue weighted by molar-refractivity contribution is -0.133. The molecule has 5 nitrogen and oxygen atoms in total. The van der Waals surface area contributed by atoms with Crippen molar-refractivity contribution < 1.29 is 24.0 Å². The molecule has 0 saturated heterocycles. The zero-order valence-corrected chi connectivity index (χ0v) is 8.36. The van der Waals surface area contributed by atoms with E-state index in [-0.39, 0.29) is 5.56 Å². The number of hydrogen-bond acceptors (Lipinski definition) is 3. The lowest BCUT2D eigenvalue weighted by Gasteiger charge is -1.99. The van der Waals surface area contributed by atoms with Gasteiger partial charge in [-0.2, -0.15) is 0 Å². The van der Waals surface area contributed by atoms with Gasteiger partial charge in [0.1, 0.15) is 5.75 Å². The Hall–Kier alpha value is -1.69. The van der Waals surface area contributed by atoms with Gasteiger partial charge in [0.2, 0.25) is 0 Å². The van der Waals surface area contributed by atoms with Crippen LogP contribution in [0.1, 0.15) is 10.4 Å². The van der Waals surface area contributed by atoms with Crippen molar-refractivity contribution in [3.05, 3.63) is 29.8 Å². The fourth-order valence-electron chi connectivity index (χ4n) is 0.945. The van der Waals surface area contributed by atoms with Crippen LogP contribution in [0, 0.1) is 0 Å². The molecule has 0 aliphatic heterocycles. The minimum Gasteiger partial charge on any atom is -0.481 e. The summed E-state index contributed by atoms with van der Waals surface area (Å²) < 4.78 is 11.3. The van der Waals surface area contributed by atoms with Crippen LogP contribution < -0.4 is 0 Å². The van der Waals surface area contributed by atoms with Gasteiger partial charge in [0.15, 0.2) is 0 Å². The first-order valence-electron chi connectivity index (χ1n) is 3.94. The molecular weight excluding hydrogens is 220 g/mol. The van der Waals surface area contributed by atoms with E-state index in [0.717, 1.165) is 0 Å². The van der Waals surface area contributed by atoms with Gasteiger partial charge in [-0.05, 0) is 24.3 Å². The highest BCUT2D eigenvalue weighted by molar-refractivity contribution is 7.85. The van der Waals surface area contributed by atoms with E-state index in [1.807, 2.05) is 0 Å². The van der Waals surface area contributed by atoms with E-state index in [0.29, 0.717) is 4.90 Å². The Morgan fingerprint density at radius 3 is 2.07 bits per heavy atom. The average Bonchev–Trinajstić information content (AvgIpc) is 2.17. The standard InChI is InChI=1S/C9H8O5S/c10-8(11)5-15(14)7-3-1-6(2-4-7)9(12)13/h1-4H,5H2,(H,10,11)(H,12,13). The second kappa shape index (κ2) is 4.70. The third-order valence-corrected chi connectivity index (χ3v) is 2.93. The molecule has 0 aliphatic carbocycles. The summed E-state index contributed by atoms with van der Waals surface area (Å²) in [5.74, 6) is -2.71. The summed E-state index contributed by atoms with van der Waals surface area (Å²) in [4.78, 5) is 21.1. The van der Waals surface area contributed by atoms with Crippen molar-refractivity contribution in [2.75, 3.05) is 5.75 Å². The maximum atomic E-state index is 11.3. The van der Waals surface area contributed by atoms with Crippen molar-refractivity contribution in [1.29, 1.82) is 0 Å². The Morgan fingerprint density at radius 1 is 1.13 bits per heavy atom. The van der Waals surface area contributed by atoms with E-state index in [2.05, 4.69) is 0 Å². The molecule has 1 unspecified atom stereocenters. The number of rotatable bonds is 4. The van der Waals surface area contributed by atoms with Gasteiger partial charge < -0.3 is 10.2 Å². The molecule has 1 aromatic carbocycles. The Bertz CT molecular complexity index is 409. The molecule has 0 heterocycles. The van der Waals surface area contributed by atoms with Gasteiger partial charge in [0, 0.05) is 4.90 Å². The van der Waals surface area contributed by atoms with Crippen LogP contribution in [0.3, 0.4) is 0 Å². The van der Waals surface area contributed by atoms with Crippen LogP contribution in [-0.2, 0) is 15.6 Å². The maximum Gasteiger partial charge on any atom is 0.335 e. The second-order valence-corrected chi connectivity index (χ2v) is 4.16. The molecule has 0 aliphatic rings. The van der Waals surface area contributed by atoms with Crippen molar-refractivity contribution in [3.8, 4) is 0 Å². The fourth-order valence-corrected chi connectivity index (χ4v) is 1.78. The molecule has 0 bridgehead atoms. The molecule has 15 heavy (non-hydrogen) atoms. The topological polar surface area (TPSA) is 91.7 Å². The quantitative estimate of drug-likeness (QED) is 0.786. The summed E-state index contributed by atoms with van der Waals surface area (Å²) in [5, 5.41) is 17.0. The molecule has 6 heteroatoms. The van der Waals surface area contributed by atoms with E-state index < -0.39 is 28.5 Å². The van der Waals surface area contributed by atoms with Crippen molar-refractivity contribution in [2.24, 2.45) is 0 Å². The molecule has 80 valence electrons. The van der Waals surface area contributed by atoms with Crippen molar-refractivity contribution >= 4 is 22.7 Å². The SMILES string of the molecule is O=C(O)CS(=O)c1ccc(C(=O)O)cc1. The van der Waals surface area contributed by atoms with Gasteiger partial charge in [-0.15, -0.1) is 0 Å². The van der Waals surface area contributed by atoms with Crippen molar-refractivity contribution in [1.82, 2.24) is 0 Å². The summed E-state index contributed by atoms with van der Waals surface area (Å²) in [6.07, 6.45) is 0. The molecule has 1 rings (SSSR count). The molecule has 0 amide bonds. The Labute approximate surface area is 87.8 Å². The zero-order valence-electron chi connectivity index (χ0n) is 7.54. The summed E-state index contributed by atoms with van der Waals surface area (Å²) in [5.41, 5.74) is 0.0751. The van der Waals surface area contributed by atoms with Crippen LogP contribution in [0.4, 0.5) is 0 Å². The molecule has 0 aromatic heterocycles. The van der Waals surface area contributed by atoms with E-state index in [1.165, 1.54) is 24.3 Å². The molecule has 0 radical (unpaired) electrons. The first-order valence-corrected chi connectivity index (χ1v) is 5.26. The second-order valence-electron chi connectivity index (χ2n) is 2.71. The number of carbonyl (C=O) groups is 2. The Balaban J connectivity index is 2.84. The highest BCUT2D eigenvalue weighted by atomic mass is 32.2. The normalized spacial score (nSPS) is 12.0. The maximum absolute atomic E-state index is 11.3. The Morgan fingerprint density at radius 2 is 1.67 bits per heavy atom.